The number of nitriles is 1. The van der Waals surface area contributed by atoms with Gasteiger partial charge in [-0.25, -0.2) is 4.39 Å². The standard InChI is InChI=1S/C20H22FN3O/c1-24(2)19(17-4-3-5-18(21)12-17)14-23-20(25)11-10-15-6-8-16(13-22)9-7-15/h3-9,12,19H,10-11,14H2,1-2H3,(H,23,25). The highest BCUT2D eigenvalue weighted by Crippen LogP contribution is 2.18. The van der Waals surface area contributed by atoms with Crippen LogP contribution in [-0.4, -0.2) is 31.4 Å². The van der Waals surface area contributed by atoms with Crippen LogP contribution in [0.2, 0.25) is 0 Å². The summed E-state index contributed by atoms with van der Waals surface area (Å²) in [5.74, 6) is -0.330. The molecule has 2 rings (SSSR count). The average Bonchev–Trinajstić information content (AvgIpc) is 2.60. The Labute approximate surface area is 147 Å². The van der Waals surface area contributed by atoms with Crippen molar-refractivity contribution in [3.63, 3.8) is 0 Å². The van der Waals surface area contributed by atoms with E-state index in [1.807, 2.05) is 37.2 Å². The largest absolute Gasteiger partial charge is 0.354 e. The van der Waals surface area contributed by atoms with Gasteiger partial charge >= 0.3 is 0 Å². The molecule has 5 heteroatoms. The van der Waals surface area contributed by atoms with Gasteiger partial charge in [0.1, 0.15) is 5.82 Å². The molecule has 2 aromatic carbocycles. The van der Waals surface area contributed by atoms with Crippen molar-refractivity contribution < 1.29 is 9.18 Å². The van der Waals surface area contributed by atoms with Crippen molar-refractivity contribution in [1.29, 1.82) is 5.26 Å². The molecule has 0 saturated carbocycles. The number of nitrogens with zero attached hydrogens (tertiary/aromatic N) is 2. The Hall–Kier alpha value is -2.71. The number of aryl methyl sites for hydroxylation is 1. The van der Waals surface area contributed by atoms with Gasteiger partial charge in [0.05, 0.1) is 17.7 Å². The van der Waals surface area contributed by atoms with Gasteiger partial charge < -0.3 is 10.2 Å². The molecule has 2 aromatic rings. The van der Waals surface area contributed by atoms with Crippen LogP contribution in [0.25, 0.3) is 0 Å². The lowest BCUT2D eigenvalue weighted by molar-refractivity contribution is -0.121. The van der Waals surface area contributed by atoms with Gasteiger partial charge in [-0.3, -0.25) is 4.79 Å². The fourth-order valence-corrected chi connectivity index (χ4v) is 2.62. The predicted molar refractivity (Wildman–Crippen MR) is 95.3 cm³/mol. The van der Waals surface area contributed by atoms with Gasteiger partial charge in [-0.15, -0.1) is 0 Å². The Morgan fingerprint density at radius 2 is 1.96 bits per heavy atom. The van der Waals surface area contributed by atoms with E-state index in [9.17, 15) is 9.18 Å². The van der Waals surface area contributed by atoms with E-state index >= 15 is 0 Å². The lowest BCUT2D eigenvalue weighted by Gasteiger charge is -2.25. The van der Waals surface area contributed by atoms with Crippen molar-refractivity contribution in [1.82, 2.24) is 10.2 Å². The Balaban J connectivity index is 1.87. The van der Waals surface area contributed by atoms with Crippen molar-refractivity contribution >= 4 is 5.91 Å². The van der Waals surface area contributed by atoms with E-state index in [1.165, 1.54) is 12.1 Å². The zero-order valence-corrected chi connectivity index (χ0v) is 14.5. The topological polar surface area (TPSA) is 56.1 Å². The maximum atomic E-state index is 13.4. The highest BCUT2D eigenvalue weighted by molar-refractivity contribution is 5.76. The quantitative estimate of drug-likeness (QED) is 0.843. The van der Waals surface area contributed by atoms with E-state index in [2.05, 4.69) is 11.4 Å². The zero-order valence-electron chi connectivity index (χ0n) is 14.5. The molecule has 0 saturated heterocycles. The van der Waals surface area contributed by atoms with Crippen LogP contribution in [0, 0.1) is 17.1 Å². The summed E-state index contributed by atoms with van der Waals surface area (Å²) in [7, 11) is 3.80. The molecule has 0 aromatic heterocycles. The molecule has 0 heterocycles. The second kappa shape index (κ2) is 8.95. The Kier molecular flexibility index (Phi) is 6.67. The molecule has 130 valence electrons. The molecule has 1 N–H and O–H groups in total. The first-order valence-electron chi connectivity index (χ1n) is 8.17. The molecular formula is C20H22FN3O. The molecule has 25 heavy (non-hydrogen) atoms. The molecule has 0 aliphatic carbocycles. The van der Waals surface area contributed by atoms with Crippen molar-refractivity contribution in [3.8, 4) is 6.07 Å². The maximum absolute atomic E-state index is 13.4. The van der Waals surface area contributed by atoms with Crippen molar-refractivity contribution in [2.45, 2.75) is 18.9 Å². The van der Waals surface area contributed by atoms with Crippen LogP contribution in [0.15, 0.2) is 48.5 Å². The van der Waals surface area contributed by atoms with E-state index in [1.54, 1.807) is 18.2 Å². The lowest BCUT2D eigenvalue weighted by atomic mass is 10.1. The average molecular weight is 339 g/mol. The van der Waals surface area contributed by atoms with Crippen LogP contribution in [0.1, 0.15) is 29.2 Å². The molecule has 0 fully saturated rings. The van der Waals surface area contributed by atoms with Crippen LogP contribution in [0.3, 0.4) is 0 Å². The van der Waals surface area contributed by atoms with E-state index in [4.69, 9.17) is 5.26 Å². The van der Waals surface area contributed by atoms with Crippen molar-refractivity contribution in [2.75, 3.05) is 20.6 Å². The SMILES string of the molecule is CN(C)C(CNC(=O)CCc1ccc(C#N)cc1)c1cccc(F)c1. The van der Waals surface area contributed by atoms with Crippen LogP contribution in [-0.2, 0) is 11.2 Å². The Bertz CT molecular complexity index is 750. The summed E-state index contributed by atoms with van der Waals surface area (Å²) in [4.78, 5) is 14.1. The first-order chi connectivity index (χ1) is 12.0. The van der Waals surface area contributed by atoms with Gasteiger partial charge in [-0.2, -0.15) is 5.26 Å². The molecule has 4 nitrogen and oxygen atoms in total. The minimum absolute atomic E-state index is 0.0485. The van der Waals surface area contributed by atoms with E-state index < -0.39 is 0 Å². The summed E-state index contributed by atoms with van der Waals surface area (Å²) >= 11 is 0. The summed E-state index contributed by atoms with van der Waals surface area (Å²) < 4.78 is 13.4. The molecule has 0 spiro atoms. The number of halogens is 1. The number of benzene rings is 2. The number of likely N-dealkylation sites (N-methyl/N-ethyl adjacent to an activating group) is 1. The van der Waals surface area contributed by atoms with E-state index in [0.29, 0.717) is 24.9 Å². The van der Waals surface area contributed by atoms with Gasteiger partial charge in [-0.1, -0.05) is 24.3 Å². The zero-order chi connectivity index (χ0) is 18.2. The van der Waals surface area contributed by atoms with Crippen LogP contribution >= 0.6 is 0 Å². The summed E-state index contributed by atoms with van der Waals surface area (Å²) in [5, 5.41) is 11.7. The number of hydrogen-bond donors (Lipinski definition) is 1. The lowest BCUT2D eigenvalue weighted by Crippen LogP contribution is -2.34. The molecule has 1 unspecified atom stereocenters. The normalized spacial score (nSPS) is 11.8. The van der Waals surface area contributed by atoms with Gasteiger partial charge in [0, 0.05) is 13.0 Å². The van der Waals surface area contributed by atoms with E-state index in [0.717, 1.165) is 11.1 Å². The minimum atomic E-state index is -0.281. The minimum Gasteiger partial charge on any atom is -0.354 e. The number of hydrogen-bond acceptors (Lipinski definition) is 3. The monoisotopic (exact) mass is 339 g/mol. The Morgan fingerprint density at radius 1 is 1.24 bits per heavy atom. The van der Waals surface area contributed by atoms with Crippen LogP contribution in [0.5, 0.6) is 0 Å². The number of carbonyl (C=O) groups is 1. The molecular weight excluding hydrogens is 317 g/mol. The smallest absolute Gasteiger partial charge is 0.220 e. The number of nitrogens with one attached hydrogen (secondary N) is 1. The number of amides is 1. The van der Waals surface area contributed by atoms with Crippen molar-refractivity contribution in [3.05, 3.63) is 71.0 Å². The Morgan fingerprint density at radius 3 is 2.56 bits per heavy atom. The summed E-state index contributed by atoms with van der Waals surface area (Å²) in [6.07, 6.45) is 0.985. The molecule has 0 aliphatic rings. The highest BCUT2D eigenvalue weighted by Gasteiger charge is 2.15. The third kappa shape index (κ3) is 5.70. The molecule has 0 bridgehead atoms. The van der Waals surface area contributed by atoms with Crippen molar-refractivity contribution in [2.24, 2.45) is 0 Å². The molecule has 1 atom stereocenters. The first kappa shape index (κ1) is 18.6. The highest BCUT2D eigenvalue weighted by atomic mass is 19.1. The summed E-state index contributed by atoms with van der Waals surface area (Å²) in [6.45, 7) is 0.419. The number of carbonyl (C=O) groups excluding carboxylic acids is 1. The third-order valence-electron chi connectivity index (χ3n) is 4.07. The van der Waals surface area contributed by atoms with Gasteiger partial charge in [0.2, 0.25) is 5.91 Å². The van der Waals surface area contributed by atoms with Gasteiger partial charge in [0.25, 0.3) is 0 Å². The number of rotatable bonds is 7. The van der Waals surface area contributed by atoms with Crippen LogP contribution < -0.4 is 5.32 Å². The second-order valence-corrected chi connectivity index (χ2v) is 6.15. The van der Waals surface area contributed by atoms with E-state index in [-0.39, 0.29) is 17.8 Å². The fraction of sp³-hybridized carbons (Fsp3) is 0.300. The fourth-order valence-electron chi connectivity index (χ4n) is 2.62. The van der Waals surface area contributed by atoms with Crippen LogP contribution in [0.4, 0.5) is 4.39 Å². The summed E-state index contributed by atoms with van der Waals surface area (Å²) in [5.41, 5.74) is 2.46. The second-order valence-electron chi connectivity index (χ2n) is 6.15. The van der Waals surface area contributed by atoms with Gasteiger partial charge in [0.15, 0.2) is 0 Å². The third-order valence-corrected chi connectivity index (χ3v) is 4.07. The predicted octanol–water partition coefficient (Wildman–Crippen LogP) is 3.05. The summed E-state index contributed by atoms with van der Waals surface area (Å²) in [6, 6.07) is 15.6. The first-order valence-corrected chi connectivity index (χ1v) is 8.17. The molecule has 0 radical (unpaired) electrons. The van der Waals surface area contributed by atoms with Gasteiger partial charge in [-0.05, 0) is 55.9 Å². The maximum Gasteiger partial charge on any atom is 0.220 e. The molecule has 1 amide bonds. The molecule has 0 aliphatic heterocycles.